The fourth-order valence-electron chi connectivity index (χ4n) is 2.87. The summed E-state index contributed by atoms with van der Waals surface area (Å²) in [5.74, 6) is 0.980. The highest BCUT2D eigenvalue weighted by atomic mass is 19.1. The first-order valence-corrected chi connectivity index (χ1v) is 7.76. The SMILES string of the molecule is CC(C)c1ccccc1NC(c1ccc(F)cc1)C1CC1. The zero-order valence-electron chi connectivity index (χ0n) is 12.6. The first kappa shape index (κ1) is 14.1. The molecule has 1 saturated carbocycles. The van der Waals surface area contributed by atoms with Crippen LogP contribution in [0.5, 0.6) is 0 Å². The second-order valence-electron chi connectivity index (χ2n) is 6.25. The molecule has 110 valence electrons. The van der Waals surface area contributed by atoms with Gasteiger partial charge in [-0.1, -0.05) is 44.2 Å². The Balaban J connectivity index is 1.88. The van der Waals surface area contributed by atoms with Crippen molar-refractivity contribution in [3.63, 3.8) is 0 Å². The van der Waals surface area contributed by atoms with Gasteiger partial charge in [0, 0.05) is 5.69 Å². The Kier molecular flexibility index (Phi) is 3.96. The number of anilines is 1. The van der Waals surface area contributed by atoms with Crippen LogP contribution in [0.3, 0.4) is 0 Å². The quantitative estimate of drug-likeness (QED) is 0.762. The Morgan fingerprint density at radius 1 is 1.00 bits per heavy atom. The second-order valence-corrected chi connectivity index (χ2v) is 6.25. The molecule has 1 nitrogen and oxygen atoms in total. The molecule has 2 aromatic carbocycles. The van der Waals surface area contributed by atoms with Gasteiger partial charge < -0.3 is 5.32 Å². The molecule has 2 aromatic rings. The summed E-state index contributed by atoms with van der Waals surface area (Å²) in [5.41, 5.74) is 3.72. The van der Waals surface area contributed by atoms with Crippen LogP contribution in [0.25, 0.3) is 0 Å². The highest BCUT2D eigenvalue weighted by Gasteiger charge is 2.32. The molecule has 0 aromatic heterocycles. The van der Waals surface area contributed by atoms with Gasteiger partial charge >= 0.3 is 0 Å². The summed E-state index contributed by atoms with van der Waals surface area (Å²) in [4.78, 5) is 0. The van der Waals surface area contributed by atoms with Gasteiger partial charge in [0.15, 0.2) is 0 Å². The Morgan fingerprint density at radius 3 is 2.29 bits per heavy atom. The Morgan fingerprint density at radius 2 is 1.67 bits per heavy atom. The van der Waals surface area contributed by atoms with Gasteiger partial charge in [0.05, 0.1) is 6.04 Å². The van der Waals surface area contributed by atoms with Gasteiger partial charge in [-0.25, -0.2) is 4.39 Å². The number of halogens is 1. The van der Waals surface area contributed by atoms with E-state index in [9.17, 15) is 4.39 Å². The molecule has 1 fully saturated rings. The van der Waals surface area contributed by atoms with Crippen LogP contribution in [0.2, 0.25) is 0 Å². The molecule has 0 bridgehead atoms. The summed E-state index contributed by atoms with van der Waals surface area (Å²) in [5, 5.41) is 3.70. The van der Waals surface area contributed by atoms with Crippen molar-refractivity contribution in [2.75, 3.05) is 5.32 Å². The molecule has 21 heavy (non-hydrogen) atoms. The number of hydrogen-bond donors (Lipinski definition) is 1. The van der Waals surface area contributed by atoms with E-state index >= 15 is 0 Å². The molecule has 0 radical (unpaired) electrons. The third-order valence-corrected chi connectivity index (χ3v) is 4.22. The van der Waals surface area contributed by atoms with E-state index < -0.39 is 0 Å². The molecule has 0 aliphatic heterocycles. The van der Waals surface area contributed by atoms with E-state index in [0.717, 1.165) is 0 Å². The summed E-state index contributed by atoms with van der Waals surface area (Å²) in [6.07, 6.45) is 2.50. The van der Waals surface area contributed by atoms with Gasteiger partial charge in [0.1, 0.15) is 5.82 Å². The maximum absolute atomic E-state index is 13.1. The molecule has 3 rings (SSSR count). The molecule has 0 saturated heterocycles. The van der Waals surface area contributed by atoms with Crippen LogP contribution in [0, 0.1) is 11.7 Å². The number of rotatable bonds is 5. The zero-order valence-corrected chi connectivity index (χ0v) is 12.6. The number of para-hydroxylation sites is 1. The maximum atomic E-state index is 13.1. The van der Waals surface area contributed by atoms with E-state index in [1.165, 1.54) is 29.7 Å². The monoisotopic (exact) mass is 283 g/mol. The number of benzene rings is 2. The molecule has 1 N–H and O–H groups in total. The maximum Gasteiger partial charge on any atom is 0.123 e. The number of hydrogen-bond acceptors (Lipinski definition) is 1. The summed E-state index contributed by atoms with van der Waals surface area (Å²) < 4.78 is 13.1. The fraction of sp³-hybridized carbons (Fsp3) is 0.368. The molecule has 2 heteroatoms. The minimum Gasteiger partial charge on any atom is -0.378 e. The van der Waals surface area contributed by atoms with Crippen LogP contribution in [-0.2, 0) is 0 Å². The van der Waals surface area contributed by atoms with Crippen LogP contribution in [0.4, 0.5) is 10.1 Å². The minimum absolute atomic E-state index is 0.170. The van der Waals surface area contributed by atoms with Crippen molar-refractivity contribution in [1.29, 1.82) is 0 Å². The average Bonchev–Trinajstić information content (AvgIpc) is 3.31. The standard InChI is InChI=1S/C19H22FN/c1-13(2)17-5-3-4-6-18(17)21-19(14-7-8-14)15-9-11-16(20)12-10-15/h3-6,9-14,19,21H,7-8H2,1-2H3. The Bertz CT molecular complexity index is 599. The highest BCUT2D eigenvalue weighted by molar-refractivity contribution is 5.54. The van der Waals surface area contributed by atoms with Crippen molar-refractivity contribution in [2.24, 2.45) is 5.92 Å². The van der Waals surface area contributed by atoms with Gasteiger partial charge in [0.25, 0.3) is 0 Å². The molecule has 1 unspecified atom stereocenters. The van der Waals surface area contributed by atoms with Crippen LogP contribution in [0.1, 0.15) is 49.8 Å². The lowest BCUT2D eigenvalue weighted by Gasteiger charge is -2.23. The lowest BCUT2D eigenvalue weighted by Crippen LogP contribution is -2.14. The Labute approximate surface area is 126 Å². The van der Waals surface area contributed by atoms with E-state index in [-0.39, 0.29) is 11.9 Å². The summed E-state index contributed by atoms with van der Waals surface area (Å²) in [7, 11) is 0. The normalized spacial score (nSPS) is 16.0. The predicted octanol–water partition coefficient (Wildman–Crippen LogP) is 5.51. The van der Waals surface area contributed by atoms with Crippen molar-refractivity contribution in [2.45, 2.75) is 38.6 Å². The van der Waals surface area contributed by atoms with Crippen molar-refractivity contribution >= 4 is 5.69 Å². The molecular weight excluding hydrogens is 261 g/mol. The predicted molar refractivity (Wildman–Crippen MR) is 86.0 cm³/mol. The third-order valence-electron chi connectivity index (χ3n) is 4.22. The van der Waals surface area contributed by atoms with E-state index in [0.29, 0.717) is 11.8 Å². The van der Waals surface area contributed by atoms with E-state index in [4.69, 9.17) is 0 Å². The topological polar surface area (TPSA) is 12.0 Å². The molecule has 1 atom stereocenters. The van der Waals surface area contributed by atoms with Crippen LogP contribution < -0.4 is 5.32 Å². The summed E-state index contributed by atoms with van der Waals surface area (Å²) in [6, 6.07) is 15.7. The largest absolute Gasteiger partial charge is 0.378 e. The average molecular weight is 283 g/mol. The van der Waals surface area contributed by atoms with Gasteiger partial charge in [-0.2, -0.15) is 0 Å². The molecular formula is C19H22FN. The van der Waals surface area contributed by atoms with E-state index in [1.54, 1.807) is 12.1 Å². The molecule has 0 heterocycles. The molecule has 1 aliphatic carbocycles. The van der Waals surface area contributed by atoms with Gasteiger partial charge in [-0.05, 0) is 54.0 Å². The lowest BCUT2D eigenvalue weighted by atomic mass is 9.98. The van der Waals surface area contributed by atoms with Gasteiger partial charge in [0.2, 0.25) is 0 Å². The van der Waals surface area contributed by atoms with Gasteiger partial charge in [-0.15, -0.1) is 0 Å². The van der Waals surface area contributed by atoms with E-state index in [1.807, 2.05) is 12.1 Å². The van der Waals surface area contributed by atoms with Crippen LogP contribution in [0.15, 0.2) is 48.5 Å². The molecule has 0 spiro atoms. The van der Waals surface area contributed by atoms with Crippen molar-refractivity contribution in [3.05, 3.63) is 65.5 Å². The van der Waals surface area contributed by atoms with Crippen molar-refractivity contribution in [1.82, 2.24) is 0 Å². The third kappa shape index (κ3) is 3.26. The first-order chi connectivity index (χ1) is 10.1. The van der Waals surface area contributed by atoms with E-state index in [2.05, 4.69) is 43.4 Å². The van der Waals surface area contributed by atoms with Crippen LogP contribution >= 0.6 is 0 Å². The molecule has 1 aliphatic rings. The fourth-order valence-corrected chi connectivity index (χ4v) is 2.87. The Hall–Kier alpha value is -1.83. The van der Waals surface area contributed by atoms with Crippen molar-refractivity contribution < 1.29 is 4.39 Å². The smallest absolute Gasteiger partial charge is 0.123 e. The lowest BCUT2D eigenvalue weighted by molar-refractivity contribution is 0.622. The highest BCUT2D eigenvalue weighted by Crippen LogP contribution is 2.43. The summed E-state index contributed by atoms with van der Waals surface area (Å²) in [6.45, 7) is 4.43. The van der Waals surface area contributed by atoms with Gasteiger partial charge in [-0.3, -0.25) is 0 Å². The van der Waals surface area contributed by atoms with Crippen LogP contribution in [-0.4, -0.2) is 0 Å². The second kappa shape index (κ2) is 5.88. The first-order valence-electron chi connectivity index (χ1n) is 7.76. The van der Waals surface area contributed by atoms with Crippen molar-refractivity contribution in [3.8, 4) is 0 Å². The minimum atomic E-state index is -0.170. The number of nitrogens with one attached hydrogen (secondary N) is 1. The summed E-state index contributed by atoms with van der Waals surface area (Å²) >= 11 is 0. The zero-order chi connectivity index (χ0) is 14.8. The molecule has 0 amide bonds.